The first kappa shape index (κ1) is 24.2. The fourth-order valence-electron chi connectivity index (χ4n) is 2.81. The van der Waals surface area contributed by atoms with Gasteiger partial charge in [0.2, 0.25) is 0 Å². The van der Waals surface area contributed by atoms with Crippen LogP contribution in [0.25, 0.3) is 0 Å². The molecule has 0 unspecified atom stereocenters. The van der Waals surface area contributed by atoms with Gasteiger partial charge in [-0.25, -0.2) is 9.59 Å². The fraction of sp³-hybridized carbons (Fsp3) is 0.364. The highest BCUT2D eigenvalue weighted by atomic mass is 32.2. The van der Waals surface area contributed by atoms with Crippen molar-refractivity contribution in [2.45, 2.75) is 27.3 Å². The zero-order valence-corrected chi connectivity index (χ0v) is 18.9. The second kappa shape index (κ2) is 10.8. The Kier molecular flexibility index (Phi) is 8.44. The van der Waals surface area contributed by atoms with E-state index in [1.165, 1.54) is 0 Å². The van der Waals surface area contributed by atoms with Gasteiger partial charge in [0.15, 0.2) is 0 Å². The van der Waals surface area contributed by atoms with Gasteiger partial charge >= 0.3 is 22.1 Å². The number of nitrogens with zero attached hydrogens (tertiary/aromatic N) is 1. The molecule has 0 fully saturated rings. The molecule has 168 valence electrons. The number of esters is 1. The summed E-state index contributed by atoms with van der Waals surface area (Å²) in [5.41, 5.74) is 1.80. The van der Waals surface area contributed by atoms with Crippen molar-refractivity contribution in [3.63, 3.8) is 0 Å². The van der Waals surface area contributed by atoms with E-state index in [1.54, 1.807) is 60.4 Å². The lowest BCUT2D eigenvalue weighted by molar-refractivity contribution is 0.0526. The van der Waals surface area contributed by atoms with Crippen molar-refractivity contribution in [1.29, 1.82) is 0 Å². The van der Waals surface area contributed by atoms with Crippen LogP contribution in [0.1, 0.15) is 36.7 Å². The Morgan fingerprint density at radius 1 is 1.03 bits per heavy atom. The summed E-state index contributed by atoms with van der Waals surface area (Å²) < 4.78 is 32.3. The highest BCUT2D eigenvalue weighted by Gasteiger charge is 2.16. The minimum Gasteiger partial charge on any atom is -0.462 e. The topological polar surface area (TPSA) is 102 Å². The molecule has 0 aliphatic rings. The van der Waals surface area contributed by atoms with Crippen molar-refractivity contribution in [1.82, 2.24) is 4.90 Å². The van der Waals surface area contributed by atoms with Crippen LogP contribution in [0.15, 0.2) is 48.5 Å². The first-order valence-corrected chi connectivity index (χ1v) is 11.7. The summed E-state index contributed by atoms with van der Waals surface area (Å²) >= 11 is 0. The second-order valence-corrected chi connectivity index (χ2v) is 9.01. The van der Waals surface area contributed by atoms with Crippen LogP contribution in [-0.4, -0.2) is 44.7 Å². The summed E-state index contributed by atoms with van der Waals surface area (Å²) in [6, 6.07) is 12.7. The molecule has 0 aliphatic carbocycles. The van der Waals surface area contributed by atoms with Gasteiger partial charge in [0, 0.05) is 18.8 Å². The number of nitrogens with one attached hydrogen (secondary N) is 1. The summed E-state index contributed by atoms with van der Waals surface area (Å²) in [5.74, 6) is 0.0442. The standard InChI is InChI=1S/C22H28N2O6S/c1-5-29-21(25)18-8-10-19(11-9-18)23-22(26)24(14-16(2)3)15-17-6-12-20(13-7-17)30-31(4,27)28/h6-13,16H,5,14-15H2,1-4H3,(H,23,26). The third kappa shape index (κ3) is 8.29. The van der Waals surface area contributed by atoms with Crippen LogP contribution in [-0.2, 0) is 21.4 Å². The van der Waals surface area contributed by atoms with Crippen molar-refractivity contribution in [2.75, 3.05) is 24.7 Å². The van der Waals surface area contributed by atoms with E-state index < -0.39 is 16.1 Å². The van der Waals surface area contributed by atoms with Gasteiger partial charge in [-0.1, -0.05) is 26.0 Å². The van der Waals surface area contributed by atoms with Gasteiger partial charge in [0.1, 0.15) is 5.75 Å². The Balaban J connectivity index is 2.07. The predicted molar refractivity (Wildman–Crippen MR) is 119 cm³/mol. The first-order valence-electron chi connectivity index (χ1n) is 9.89. The predicted octanol–water partition coefficient (Wildman–Crippen LogP) is 3.89. The number of hydrogen-bond acceptors (Lipinski definition) is 6. The van der Waals surface area contributed by atoms with E-state index in [1.807, 2.05) is 13.8 Å². The number of ether oxygens (including phenoxy) is 1. The Morgan fingerprint density at radius 2 is 1.65 bits per heavy atom. The van der Waals surface area contributed by atoms with Crippen LogP contribution >= 0.6 is 0 Å². The van der Waals surface area contributed by atoms with Crippen LogP contribution < -0.4 is 9.50 Å². The quantitative estimate of drug-likeness (QED) is 0.461. The van der Waals surface area contributed by atoms with E-state index in [4.69, 9.17) is 8.92 Å². The zero-order chi connectivity index (χ0) is 23.0. The van der Waals surface area contributed by atoms with E-state index in [0.717, 1.165) is 11.8 Å². The van der Waals surface area contributed by atoms with E-state index in [0.29, 0.717) is 30.9 Å². The van der Waals surface area contributed by atoms with E-state index in [9.17, 15) is 18.0 Å². The number of urea groups is 1. The summed E-state index contributed by atoms with van der Waals surface area (Å²) in [6.07, 6.45) is 0.981. The third-order valence-corrected chi connectivity index (χ3v) is 4.56. The van der Waals surface area contributed by atoms with Gasteiger partial charge in [-0.2, -0.15) is 8.42 Å². The molecule has 8 nitrogen and oxygen atoms in total. The molecule has 9 heteroatoms. The highest BCUT2D eigenvalue weighted by molar-refractivity contribution is 7.86. The number of carbonyl (C=O) groups excluding carboxylic acids is 2. The lowest BCUT2D eigenvalue weighted by Gasteiger charge is -2.25. The average Bonchev–Trinajstić information content (AvgIpc) is 2.68. The molecule has 0 aromatic heterocycles. The maximum Gasteiger partial charge on any atom is 0.338 e. The monoisotopic (exact) mass is 448 g/mol. The summed E-state index contributed by atoms with van der Waals surface area (Å²) in [7, 11) is -3.59. The van der Waals surface area contributed by atoms with Gasteiger partial charge in [-0.15, -0.1) is 0 Å². The Hall–Kier alpha value is -3.07. The summed E-state index contributed by atoms with van der Waals surface area (Å²) in [4.78, 5) is 26.3. The van der Waals surface area contributed by atoms with Crippen LogP contribution in [0.5, 0.6) is 5.75 Å². The molecule has 0 saturated carbocycles. The third-order valence-electron chi connectivity index (χ3n) is 4.06. The minimum atomic E-state index is -3.59. The number of anilines is 1. The van der Waals surface area contributed by atoms with E-state index in [-0.39, 0.29) is 17.7 Å². The van der Waals surface area contributed by atoms with Crippen LogP contribution in [0.3, 0.4) is 0 Å². The SMILES string of the molecule is CCOC(=O)c1ccc(NC(=O)N(Cc2ccc(OS(C)(=O)=O)cc2)CC(C)C)cc1. The maximum atomic E-state index is 12.8. The average molecular weight is 449 g/mol. The van der Waals surface area contributed by atoms with Crippen molar-refractivity contribution < 1.29 is 26.9 Å². The van der Waals surface area contributed by atoms with Crippen molar-refractivity contribution in [3.8, 4) is 5.75 Å². The lowest BCUT2D eigenvalue weighted by Crippen LogP contribution is -2.37. The van der Waals surface area contributed by atoms with Gasteiger partial charge in [-0.3, -0.25) is 0 Å². The molecule has 0 spiro atoms. The van der Waals surface area contributed by atoms with Gasteiger partial charge in [0.25, 0.3) is 0 Å². The highest BCUT2D eigenvalue weighted by Crippen LogP contribution is 2.17. The molecule has 2 amide bonds. The van der Waals surface area contributed by atoms with Gasteiger partial charge < -0.3 is 19.1 Å². The molecule has 0 saturated heterocycles. The van der Waals surface area contributed by atoms with Crippen LogP contribution in [0.4, 0.5) is 10.5 Å². The fourth-order valence-corrected chi connectivity index (χ4v) is 3.27. The first-order chi connectivity index (χ1) is 14.6. The van der Waals surface area contributed by atoms with Gasteiger partial charge in [-0.05, 0) is 54.8 Å². The number of carbonyl (C=O) groups is 2. The van der Waals surface area contributed by atoms with E-state index >= 15 is 0 Å². The Labute approximate surface area is 183 Å². The molecule has 0 heterocycles. The Bertz CT molecular complexity index is 986. The molecule has 0 atom stereocenters. The minimum absolute atomic E-state index is 0.216. The number of hydrogen-bond donors (Lipinski definition) is 1. The molecule has 31 heavy (non-hydrogen) atoms. The molecular weight excluding hydrogens is 420 g/mol. The largest absolute Gasteiger partial charge is 0.462 e. The molecule has 2 rings (SSSR count). The zero-order valence-electron chi connectivity index (χ0n) is 18.1. The molecular formula is C22H28N2O6S. The Morgan fingerprint density at radius 3 is 2.16 bits per heavy atom. The van der Waals surface area contributed by atoms with E-state index in [2.05, 4.69) is 5.32 Å². The molecule has 0 bridgehead atoms. The second-order valence-electron chi connectivity index (χ2n) is 7.43. The van der Waals surface area contributed by atoms with Crippen molar-refractivity contribution in [2.24, 2.45) is 5.92 Å². The van der Waals surface area contributed by atoms with Gasteiger partial charge in [0.05, 0.1) is 18.4 Å². The maximum absolute atomic E-state index is 12.8. The molecule has 1 N–H and O–H groups in total. The van der Waals surface area contributed by atoms with Crippen LogP contribution in [0.2, 0.25) is 0 Å². The van der Waals surface area contributed by atoms with Crippen molar-refractivity contribution in [3.05, 3.63) is 59.7 Å². The molecule has 0 aliphatic heterocycles. The van der Waals surface area contributed by atoms with Crippen molar-refractivity contribution >= 4 is 27.8 Å². The lowest BCUT2D eigenvalue weighted by atomic mass is 10.1. The normalized spacial score (nSPS) is 11.1. The summed E-state index contributed by atoms with van der Waals surface area (Å²) in [6.45, 7) is 6.91. The molecule has 0 radical (unpaired) electrons. The molecule has 2 aromatic rings. The van der Waals surface area contributed by atoms with Crippen LogP contribution in [0, 0.1) is 5.92 Å². The number of benzene rings is 2. The smallest absolute Gasteiger partial charge is 0.338 e. The molecule has 2 aromatic carbocycles. The number of amides is 2. The summed E-state index contributed by atoms with van der Waals surface area (Å²) in [5, 5.41) is 2.84. The number of rotatable bonds is 9.